The van der Waals surface area contributed by atoms with Crippen molar-refractivity contribution in [2.45, 2.75) is 0 Å². The Balaban J connectivity index is 2.38. The lowest BCUT2D eigenvalue weighted by Gasteiger charge is -1.98. The van der Waals surface area contributed by atoms with Crippen LogP contribution in [0.5, 0.6) is 0 Å². The summed E-state index contributed by atoms with van der Waals surface area (Å²) in [6.07, 6.45) is 1.53. The molecular formula is C10H9NO2S. The monoisotopic (exact) mass is 207 g/mol. The van der Waals surface area contributed by atoms with E-state index in [9.17, 15) is 4.79 Å². The molecule has 2 rings (SSSR count). The molecule has 0 unspecified atom stereocenters. The first-order valence-corrected chi connectivity index (χ1v) is 4.81. The number of hydrogen-bond acceptors (Lipinski definition) is 3. The number of rotatable bonds is 2. The van der Waals surface area contributed by atoms with Crippen molar-refractivity contribution in [1.29, 1.82) is 0 Å². The van der Waals surface area contributed by atoms with Crippen LogP contribution in [-0.4, -0.2) is 11.7 Å². The zero-order chi connectivity index (χ0) is 9.97. The summed E-state index contributed by atoms with van der Waals surface area (Å²) in [5.74, 6) is 0.0272. The first-order valence-electron chi connectivity index (χ1n) is 4.18. The van der Waals surface area contributed by atoms with Gasteiger partial charge in [0.1, 0.15) is 11.8 Å². The predicted molar refractivity (Wildman–Crippen MR) is 58.7 cm³/mol. The van der Waals surface area contributed by atoms with Crippen LogP contribution in [0.2, 0.25) is 0 Å². The highest BCUT2D eigenvalue weighted by Crippen LogP contribution is 2.24. The van der Waals surface area contributed by atoms with Crippen LogP contribution in [0.3, 0.4) is 0 Å². The lowest BCUT2D eigenvalue weighted by atomic mass is 10.2. The van der Waals surface area contributed by atoms with Gasteiger partial charge in [0.25, 0.3) is 0 Å². The summed E-state index contributed by atoms with van der Waals surface area (Å²) >= 11 is 3.88. The van der Waals surface area contributed by atoms with E-state index in [1.807, 2.05) is 24.3 Å². The summed E-state index contributed by atoms with van der Waals surface area (Å²) < 4.78 is 5.25. The average Bonchev–Trinajstić information content (AvgIpc) is 2.62. The largest absolute Gasteiger partial charge is 0.462 e. The Morgan fingerprint density at radius 2 is 2.21 bits per heavy atom. The van der Waals surface area contributed by atoms with Crippen LogP contribution in [-0.2, 0) is 4.79 Å². The highest BCUT2D eigenvalue weighted by Gasteiger charge is 2.06. The van der Waals surface area contributed by atoms with Gasteiger partial charge in [0.15, 0.2) is 0 Å². The molecule has 0 bridgehead atoms. The predicted octanol–water partition coefficient (Wildman–Crippen LogP) is 2.30. The summed E-state index contributed by atoms with van der Waals surface area (Å²) in [4.78, 5) is 11.1. The molecule has 0 spiro atoms. The molecule has 0 radical (unpaired) electrons. The first kappa shape index (κ1) is 9.15. The standard InChI is InChI=1S/C10H9NO2S/c12-10(6-14)11-8-5-13-9-4-2-1-3-7(8)9/h1-5,14H,6H2,(H,11,12). The van der Waals surface area contributed by atoms with Gasteiger partial charge in [-0.2, -0.15) is 12.6 Å². The minimum Gasteiger partial charge on any atom is -0.462 e. The number of carbonyl (C=O) groups excluding carboxylic acids is 1. The van der Waals surface area contributed by atoms with Crippen molar-refractivity contribution in [3.8, 4) is 0 Å². The molecule has 0 saturated carbocycles. The highest BCUT2D eigenvalue weighted by molar-refractivity contribution is 7.81. The lowest BCUT2D eigenvalue weighted by Crippen LogP contribution is -2.11. The molecule has 2 aromatic rings. The number of hydrogen-bond donors (Lipinski definition) is 2. The molecule has 1 amide bonds. The van der Waals surface area contributed by atoms with E-state index in [2.05, 4.69) is 17.9 Å². The molecule has 1 heterocycles. The topological polar surface area (TPSA) is 42.2 Å². The fraction of sp³-hybridized carbons (Fsp3) is 0.100. The zero-order valence-electron chi connectivity index (χ0n) is 7.36. The third-order valence-corrected chi connectivity index (χ3v) is 2.19. The van der Waals surface area contributed by atoms with Crippen LogP contribution >= 0.6 is 12.6 Å². The van der Waals surface area contributed by atoms with Gasteiger partial charge in [-0.3, -0.25) is 4.79 Å². The van der Waals surface area contributed by atoms with Crippen LogP contribution in [0.4, 0.5) is 5.69 Å². The molecule has 0 atom stereocenters. The SMILES string of the molecule is O=C(CS)Nc1coc2ccccc12. The summed E-state index contributed by atoms with van der Waals surface area (Å²) in [6.45, 7) is 0. The molecule has 14 heavy (non-hydrogen) atoms. The maximum absolute atomic E-state index is 11.1. The summed E-state index contributed by atoms with van der Waals surface area (Å²) in [6, 6.07) is 7.53. The van der Waals surface area contributed by atoms with Crippen molar-refractivity contribution in [2.75, 3.05) is 11.1 Å². The number of carbonyl (C=O) groups is 1. The van der Waals surface area contributed by atoms with E-state index in [4.69, 9.17) is 4.42 Å². The van der Waals surface area contributed by atoms with Gasteiger partial charge in [0.2, 0.25) is 5.91 Å². The van der Waals surface area contributed by atoms with E-state index in [1.165, 1.54) is 6.26 Å². The zero-order valence-corrected chi connectivity index (χ0v) is 8.25. The van der Waals surface area contributed by atoms with Gasteiger partial charge >= 0.3 is 0 Å². The normalized spacial score (nSPS) is 10.4. The van der Waals surface area contributed by atoms with Gasteiger partial charge in [-0.05, 0) is 12.1 Å². The van der Waals surface area contributed by atoms with Crippen molar-refractivity contribution < 1.29 is 9.21 Å². The number of benzene rings is 1. The van der Waals surface area contributed by atoms with Crippen LogP contribution < -0.4 is 5.32 Å². The molecule has 1 aromatic carbocycles. The number of anilines is 1. The van der Waals surface area contributed by atoms with Crippen molar-refractivity contribution in [2.24, 2.45) is 0 Å². The molecule has 0 aliphatic carbocycles. The second-order valence-corrected chi connectivity index (χ2v) is 3.17. The third-order valence-electron chi connectivity index (χ3n) is 1.90. The second kappa shape index (κ2) is 3.75. The summed E-state index contributed by atoms with van der Waals surface area (Å²) in [5, 5.41) is 3.61. The van der Waals surface area contributed by atoms with Crippen LogP contribution in [0, 0.1) is 0 Å². The van der Waals surface area contributed by atoms with Crippen molar-refractivity contribution in [3.05, 3.63) is 30.5 Å². The van der Waals surface area contributed by atoms with Gasteiger partial charge in [0, 0.05) is 5.39 Å². The smallest absolute Gasteiger partial charge is 0.234 e. The minimum atomic E-state index is -0.139. The molecule has 0 saturated heterocycles. The lowest BCUT2D eigenvalue weighted by molar-refractivity contribution is -0.113. The minimum absolute atomic E-state index is 0.139. The quantitative estimate of drug-likeness (QED) is 0.742. The Morgan fingerprint density at radius 3 is 3.00 bits per heavy atom. The van der Waals surface area contributed by atoms with Crippen LogP contribution in [0.15, 0.2) is 34.9 Å². The number of thiol groups is 1. The van der Waals surface area contributed by atoms with Crippen LogP contribution in [0.1, 0.15) is 0 Å². The van der Waals surface area contributed by atoms with E-state index in [0.29, 0.717) is 5.69 Å². The van der Waals surface area contributed by atoms with Crippen molar-refractivity contribution >= 4 is 35.2 Å². The summed E-state index contributed by atoms with van der Waals surface area (Å²) in [5.41, 5.74) is 1.46. The molecule has 0 aliphatic rings. The van der Waals surface area contributed by atoms with E-state index < -0.39 is 0 Å². The van der Waals surface area contributed by atoms with E-state index in [1.54, 1.807) is 0 Å². The van der Waals surface area contributed by atoms with E-state index >= 15 is 0 Å². The average molecular weight is 207 g/mol. The van der Waals surface area contributed by atoms with Crippen LogP contribution in [0.25, 0.3) is 11.0 Å². The molecule has 72 valence electrons. The van der Waals surface area contributed by atoms with E-state index in [0.717, 1.165) is 11.0 Å². The third kappa shape index (κ3) is 1.61. The van der Waals surface area contributed by atoms with Gasteiger partial charge in [-0.25, -0.2) is 0 Å². The Morgan fingerprint density at radius 1 is 1.43 bits per heavy atom. The number of nitrogens with one attached hydrogen (secondary N) is 1. The molecule has 0 aliphatic heterocycles. The molecule has 0 fully saturated rings. The Kier molecular flexibility index (Phi) is 2.45. The molecular weight excluding hydrogens is 198 g/mol. The number of amides is 1. The van der Waals surface area contributed by atoms with Crippen molar-refractivity contribution in [3.63, 3.8) is 0 Å². The Hall–Kier alpha value is -1.42. The first-order chi connectivity index (χ1) is 6.81. The number of fused-ring (bicyclic) bond motifs is 1. The van der Waals surface area contributed by atoms with Gasteiger partial charge in [-0.15, -0.1) is 0 Å². The van der Waals surface area contributed by atoms with Crippen molar-refractivity contribution in [1.82, 2.24) is 0 Å². The van der Waals surface area contributed by atoms with Gasteiger partial charge in [-0.1, -0.05) is 12.1 Å². The molecule has 4 heteroatoms. The number of furan rings is 1. The maximum Gasteiger partial charge on any atom is 0.234 e. The second-order valence-electron chi connectivity index (χ2n) is 2.85. The van der Waals surface area contributed by atoms with Gasteiger partial charge < -0.3 is 9.73 Å². The Bertz CT molecular complexity index is 464. The molecule has 1 N–H and O–H groups in total. The number of para-hydroxylation sites is 1. The fourth-order valence-electron chi connectivity index (χ4n) is 1.26. The maximum atomic E-state index is 11.1. The highest BCUT2D eigenvalue weighted by atomic mass is 32.1. The Labute approximate surface area is 86.5 Å². The molecule has 3 nitrogen and oxygen atoms in total. The van der Waals surface area contributed by atoms with Gasteiger partial charge in [0.05, 0.1) is 11.4 Å². The molecule has 1 aromatic heterocycles. The van der Waals surface area contributed by atoms with E-state index in [-0.39, 0.29) is 11.7 Å². The summed E-state index contributed by atoms with van der Waals surface area (Å²) in [7, 11) is 0. The fourth-order valence-corrected chi connectivity index (χ4v) is 1.34.